The Hall–Kier alpha value is -2.77. The van der Waals surface area contributed by atoms with Gasteiger partial charge in [-0.2, -0.15) is 5.26 Å². The highest BCUT2D eigenvalue weighted by molar-refractivity contribution is 6.31. The van der Waals surface area contributed by atoms with Gasteiger partial charge in [0.05, 0.1) is 0 Å². The SMILES string of the molecule is Cc1ccc(Cl)cc1NC(=O)/C(C#N)=C\Nc1c(C)cccc1C. The third-order valence-electron chi connectivity index (χ3n) is 3.65. The Balaban J connectivity index is 2.20. The zero-order valence-corrected chi connectivity index (χ0v) is 14.5. The van der Waals surface area contributed by atoms with Gasteiger partial charge in [0, 0.05) is 22.6 Å². The Kier molecular flexibility index (Phi) is 5.62. The van der Waals surface area contributed by atoms with Crippen LogP contribution in [0, 0.1) is 32.1 Å². The van der Waals surface area contributed by atoms with E-state index in [1.54, 1.807) is 12.1 Å². The monoisotopic (exact) mass is 339 g/mol. The van der Waals surface area contributed by atoms with Crippen LogP contribution in [0.25, 0.3) is 0 Å². The van der Waals surface area contributed by atoms with Crippen LogP contribution in [-0.2, 0) is 4.79 Å². The summed E-state index contributed by atoms with van der Waals surface area (Å²) in [6, 6.07) is 13.0. The van der Waals surface area contributed by atoms with Crippen molar-refractivity contribution in [3.05, 3.63) is 69.9 Å². The molecule has 122 valence electrons. The summed E-state index contributed by atoms with van der Waals surface area (Å²) >= 11 is 5.95. The highest BCUT2D eigenvalue weighted by Gasteiger charge is 2.11. The van der Waals surface area contributed by atoms with E-state index in [2.05, 4.69) is 10.6 Å². The van der Waals surface area contributed by atoms with E-state index in [0.29, 0.717) is 10.7 Å². The maximum absolute atomic E-state index is 12.3. The number of halogens is 1. The molecule has 0 atom stereocenters. The number of hydrogen-bond donors (Lipinski definition) is 2. The molecule has 0 aliphatic rings. The molecule has 0 bridgehead atoms. The second-order valence-corrected chi connectivity index (χ2v) is 5.93. The van der Waals surface area contributed by atoms with E-state index in [0.717, 1.165) is 22.4 Å². The fourth-order valence-corrected chi connectivity index (χ4v) is 2.43. The minimum absolute atomic E-state index is 0.0166. The summed E-state index contributed by atoms with van der Waals surface area (Å²) in [5.41, 5.74) is 4.40. The van der Waals surface area contributed by atoms with Crippen LogP contribution >= 0.6 is 11.6 Å². The first kappa shape index (κ1) is 17.6. The number of para-hydroxylation sites is 1. The third-order valence-corrected chi connectivity index (χ3v) is 3.89. The second kappa shape index (κ2) is 7.67. The maximum atomic E-state index is 12.3. The van der Waals surface area contributed by atoms with Crippen molar-refractivity contribution >= 4 is 28.9 Å². The molecule has 2 aromatic carbocycles. The minimum Gasteiger partial charge on any atom is -0.360 e. The summed E-state index contributed by atoms with van der Waals surface area (Å²) in [4.78, 5) is 12.3. The Morgan fingerprint density at radius 3 is 2.42 bits per heavy atom. The van der Waals surface area contributed by atoms with Gasteiger partial charge in [0.15, 0.2) is 0 Å². The van der Waals surface area contributed by atoms with Crippen molar-refractivity contribution in [2.24, 2.45) is 0 Å². The summed E-state index contributed by atoms with van der Waals surface area (Å²) in [5, 5.41) is 15.6. The predicted molar refractivity (Wildman–Crippen MR) is 98.1 cm³/mol. The number of nitrogens with zero attached hydrogens (tertiary/aromatic N) is 1. The van der Waals surface area contributed by atoms with Crippen molar-refractivity contribution in [1.82, 2.24) is 0 Å². The number of amides is 1. The zero-order chi connectivity index (χ0) is 17.7. The summed E-state index contributed by atoms with van der Waals surface area (Å²) in [6.45, 7) is 5.78. The molecule has 0 spiro atoms. The van der Waals surface area contributed by atoms with E-state index in [1.807, 2.05) is 51.1 Å². The maximum Gasteiger partial charge on any atom is 0.267 e. The molecule has 0 aromatic heterocycles. The van der Waals surface area contributed by atoms with Gasteiger partial charge in [0.25, 0.3) is 5.91 Å². The van der Waals surface area contributed by atoms with Gasteiger partial charge in [0.2, 0.25) is 0 Å². The lowest BCUT2D eigenvalue weighted by Crippen LogP contribution is -2.15. The van der Waals surface area contributed by atoms with Crippen molar-refractivity contribution in [3.8, 4) is 6.07 Å². The van der Waals surface area contributed by atoms with Gasteiger partial charge in [0.1, 0.15) is 11.6 Å². The standard InChI is InChI=1S/C19H18ClN3O/c1-12-7-8-16(20)9-17(12)23-19(24)15(10-21)11-22-18-13(2)5-4-6-14(18)3/h4-9,11,22H,1-3H3,(H,23,24)/b15-11-. The molecular weight excluding hydrogens is 322 g/mol. The largest absolute Gasteiger partial charge is 0.360 e. The van der Waals surface area contributed by atoms with Gasteiger partial charge in [-0.05, 0) is 49.6 Å². The normalized spacial score (nSPS) is 10.9. The van der Waals surface area contributed by atoms with Gasteiger partial charge in [-0.1, -0.05) is 35.9 Å². The van der Waals surface area contributed by atoms with Crippen molar-refractivity contribution in [2.45, 2.75) is 20.8 Å². The zero-order valence-electron chi connectivity index (χ0n) is 13.8. The van der Waals surface area contributed by atoms with Crippen LogP contribution in [0.15, 0.2) is 48.2 Å². The first-order valence-electron chi connectivity index (χ1n) is 7.43. The molecule has 2 aromatic rings. The summed E-state index contributed by atoms with van der Waals surface area (Å²) in [5.74, 6) is -0.485. The molecule has 0 radical (unpaired) electrons. The van der Waals surface area contributed by atoms with E-state index in [4.69, 9.17) is 11.6 Å². The summed E-state index contributed by atoms with van der Waals surface area (Å²) in [6.07, 6.45) is 1.42. The number of nitrogens with one attached hydrogen (secondary N) is 2. The van der Waals surface area contributed by atoms with Gasteiger partial charge in [-0.25, -0.2) is 0 Å². The molecule has 0 saturated carbocycles. The molecule has 0 fully saturated rings. The number of hydrogen-bond acceptors (Lipinski definition) is 3. The first-order chi connectivity index (χ1) is 11.4. The van der Waals surface area contributed by atoms with Crippen LogP contribution < -0.4 is 10.6 Å². The summed E-state index contributed by atoms with van der Waals surface area (Å²) in [7, 11) is 0. The van der Waals surface area contributed by atoms with Crippen LogP contribution in [0.1, 0.15) is 16.7 Å². The smallest absolute Gasteiger partial charge is 0.267 e. The number of nitriles is 1. The average molecular weight is 340 g/mol. The minimum atomic E-state index is -0.485. The van der Waals surface area contributed by atoms with Crippen LogP contribution in [0.3, 0.4) is 0 Å². The van der Waals surface area contributed by atoms with Crippen LogP contribution in [-0.4, -0.2) is 5.91 Å². The lowest BCUT2D eigenvalue weighted by Gasteiger charge is -2.11. The predicted octanol–water partition coefficient (Wildman–Crippen LogP) is 4.72. The van der Waals surface area contributed by atoms with Crippen LogP contribution in [0.4, 0.5) is 11.4 Å². The Bertz CT molecular complexity index is 830. The Morgan fingerprint density at radius 1 is 1.12 bits per heavy atom. The number of anilines is 2. The van der Waals surface area contributed by atoms with E-state index in [-0.39, 0.29) is 5.57 Å². The summed E-state index contributed by atoms with van der Waals surface area (Å²) < 4.78 is 0. The molecule has 0 aliphatic carbocycles. The fraction of sp³-hybridized carbons (Fsp3) is 0.158. The number of carbonyl (C=O) groups is 1. The highest BCUT2D eigenvalue weighted by atomic mass is 35.5. The Morgan fingerprint density at radius 2 is 1.79 bits per heavy atom. The first-order valence-corrected chi connectivity index (χ1v) is 7.80. The number of rotatable bonds is 4. The van der Waals surface area contributed by atoms with Crippen molar-refractivity contribution < 1.29 is 4.79 Å². The quantitative estimate of drug-likeness (QED) is 0.625. The molecule has 0 heterocycles. The Labute approximate surface area is 146 Å². The van der Waals surface area contributed by atoms with Crippen molar-refractivity contribution in [3.63, 3.8) is 0 Å². The molecule has 2 rings (SSSR count). The van der Waals surface area contributed by atoms with Crippen molar-refractivity contribution in [1.29, 1.82) is 5.26 Å². The topological polar surface area (TPSA) is 64.9 Å². The lowest BCUT2D eigenvalue weighted by atomic mass is 10.1. The lowest BCUT2D eigenvalue weighted by molar-refractivity contribution is -0.112. The van der Waals surface area contributed by atoms with Gasteiger partial charge < -0.3 is 10.6 Å². The van der Waals surface area contributed by atoms with Gasteiger partial charge in [-0.3, -0.25) is 4.79 Å². The van der Waals surface area contributed by atoms with E-state index >= 15 is 0 Å². The number of aryl methyl sites for hydroxylation is 3. The molecule has 5 heteroatoms. The number of benzene rings is 2. The van der Waals surface area contributed by atoms with E-state index in [9.17, 15) is 10.1 Å². The molecule has 1 amide bonds. The molecule has 4 nitrogen and oxygen atoms in total. The molecule has 0 aliphatic heterocycles. The highest BCUT2D eigenvalue weighted by Crippen LogP contribution is 2.22. The average Bonchev–Trinajstić information content (AvgIpc) is 2.54. The molecule has 2 N–H and O–H groups in total. The molecule has 0 saturated heterocycles. The molecular formula is C19H18ClN3O. The van der Waals surface area contributed by atoms with Crippen molar-refractivity contribution in [2.75, 3.05) is 10.6 Å². The van der Waals surface area contributed by atoms with Gasteiger partial charge in [-0.15, -0.1) is 0 Å². The van der Waals surface area contributed by atoms with E-state index < -0.39 is 5.91 Å². The van der Waals surface area contributed by atoms with Gasteiger partial charge >= 0.3 is 0 Å². The van der Waals surface area contributed by atoms with Crippen LogP contribution in [0.2, 0.25) is 5.02 Å². The number of carbonyl (C=O) groups excluding carboxylic acids is 1. The van der Waals surface area contributed by atoms with E-state index in [1.165, 1.54) is 6.20 Å². The fourth-order valence-electron chi connectivity index (χ4n) is 2.25. The molecule has 24 heavy (non-hydrogen) atoms. The van der Waals surface area contributed by atoms with Crippen LogP contribution in [0.5, 0.6) is 0 Å². The second-order valence-electron chi connectivity index (χ2n) is 5.49. The third kappa shape index (κ3) is 4.15. The molecule has 0 unspecified atom stereocenters.